The van der Waals surface area contributed by atoms with E-state index in [0.29, 0.717) is 0 Å². The summed E-state index contributed by atoms with van der Waals surface area (Å²) in [6, 6.07) is 15.6. The predicted molar refractivity (Wildman–Crippen MR) is 82.8 cm³/mol. The van der Waals surface area contributed by atoms with Gasteiger partial charge in [0.25, 0.3) is 0 Å². The molecule has 0 saturated heterocycles. The van der Waals surface area contributed by atoms with Crippen LogP contribution in [0.5, 0.6) is 0 Å². The van der Waals surface area contributed by atoms with E-state index in [9.17, 15) is 4.39 Å². The van der Waals surface area contributed by atoms with Gasteiger partial charge in [0.1, 0.15) is 5.82 Å². The quantitative estimate of drug-likeness (QED) is 0.748. The SMILES string of the molecule is Fc1ccc2c(c1)CCC2Nc1ccc2ncccc2c1. The number of aromatic nitrogens is 1. The van der Waals surface area contributed by atoms with Crippen molar-refractivity contribution in [2.45, 2.75) is 18.9 Å². The van der Waals surface area contributed by atoms with E-state index in [2.05, 4.69) is 28.5 Å². The van der Waals surface area contributed by atoms with Crippen LogP contribution in [0.1, 0.15) is 23.6 Å². The minimum Gasteiger partial charge on any atom is -0.378 e. The third-order valence-electron chi connectivity index (χ3n) is 4.13. The van der Waals surface area contributed by atoms with Gasteiger partial charge in [-0.25, -0.2) is 4.39 Å². The molecule has 1 N–H and O–H groups in total. The zero-order valence-corrected chi connectivity index (χ0v) is 11.5. The van der Waals surface area contributed by atoms with Gasteiger partial charge in [-0.1, -0.05) is 12.1 Å². The monoisotopic (exact) mass is 278 g/mol. The minimum atomic E-state index is -0.147. The van der Waals surface area contributed by atoms with Crippen molar-refractivity contribution in [2.75, 3.05) is 5.32 Å². The summed E-state index contributed by atoms with van der Waals surface area (Å²) in [5.41, 5.74) is 4.41. The maximum absolute atomic E-state index is 13.3. The fourth-order valence-corrected chi connectivity index (χ4v) is 3.10. The lowest BCUT2D eigenvalue weighted by molar-refractivity contribution is 0.626. The predicted octanol–water partition coefficient (Wildman–Crippen LogP) is 4.47. The van der Waals surface area contributed by atoms with E-state index in [0.717, 1.165) is 35.0 Å². The molecular formula is C18H15FN2. The first-order chi connectivity index (χ1) is 10.3. The van der Waals surface area contributed by atoms with Crippen molar-refractivity contribution in [1.29, 1.82) is 0 Å². The van der Waals surface area contributed by atoms with Crippen molar-refractivity contribution < 1.29 is 4.39 Å². The standard InChI is InChI=1S/C18H15FN2/c19-14-4-6-16-12(10-14)3-7-18(16)21-15-5-8-17-13(11-15)2-1-9-20-17/h1-2,4-6,8-11,18,21H,3,7H2. The number of benzene rings is 2. The molecular weight excluding hydrogens is 263 g/mol. The van der Waals surface area contributed by atoms with Gasteiger partial charge >= 0.3 is 0 Å². The number of aryl methyl sites for hydroxylation is 1. The molecule has 0 fully saturated rings. The molecule has 1 unspecified atom stereocenters. The van der Waals surface area contributed by atoms with Crippen LogP contribution in [-0.2, 0) is 6.42 Å². The molecule has 0 spiro atoms. The molecule has 21 heavy (non-hydrogen) atoms. The molecule has 4 rings (SSSR count). The summed E-state index contributed by atoms with van der Waals surface area (Å²) >= 11 is 0. The number of nitrogens with one attached hydrogen (secondary N) is 1. The molecule has 0 radical (unpaired) electrons. The summed E-state index contributed by atoms with van der Waals surface area (Å²) in [6.07, 6.45) is 3.74. The van der Waals surface area contributed by atoms with E-state index in [1.165, 1.54) is 5.56 Å². The van der Waals surface area contributed by atoms with Gasteiger partial charge in [-0.05, 0) is 60.4 Å². The number of nitrogens with zero attached hydrogens (tertiary/aromatic N) is 1. The highest BCUT2D eigenvalue weighted by molar-refractivity contribution is 5.82. The highest BCUT2D eigenvalue weighted by Crippen LogP contribution is 2.34. The fraction of sp³-hybridized carbons (Fsp3) is 0.167. The van der Waals surface area contributed by atoms with Crippen molar-refractivity contribution in [1.82, 2.24) is 4.98 Å². The first kappa shape index (κ1) is 12.3. The third kappa shape index (κ3) is 2.25. The topological polar surface area (TPSA) is 24.9 Å². The van der Waals surface area contributed by atoms with Gasteiger partial charge in [0, 0.05) is 17.3 Å². The normalized spacial score (nSPS) is 16.9. The van der Waals surface area contributed by atoms with E-state index in [1.54, 1.807) is 18.3 Å². The van der Waals surface area contributed by atoms with Crippen LogP contribution in [0.15, 0.2) is 54.7 Å². The average Bonchev–Trinajstić information content (AvgIpc) is 2.89. The van der Waals surface area contributed by atoms with Crippen molar-refractivity contribution in [2.24, 2.45) is 0 Å². The molecule has 0 saturated carbocycles. The van der Waals surface area contributed by atoms with Gasteiger partial charge in [0.2, 0.25) is 0 Å². The second-order valence-corrected chi connectivity index (χ2v) is 5.49. The summed E-state index contributed by atoms with van der Waals surface area (Å²) in [5.74, 6) is -0.147. The molecule has 104 valence electrons. The Balaban J connectivity index is 1.64. The summed E-state index contributed by atoms with van der Waals surface area (Å²) < 4.78 is 13.3. The van der Waals surface area contributed by atoms with Crippen LogP contribution in [0.4, 0.5) is 10.1 Å². The second kappa shape index (κ2) is 4.85. The maximum Gasteiger partial charge on any atom is 0.123 e. The number of pyridine rings is 1. The van der Waals surface area contributed by atoms with E-state index >= 15 is 0 Å². The molecule has 3 aromatic rings. The Kier molecular flexibility index (Phi) is 2.85. The Morgan fingerprint density at radius 2 is 2.05 bits per heavy atom. The Morgan fingerprint density at radius 3 is 3.00 bits per heavy atom. The summed E-state index contributed by atoms with van der Waals surface area (Å²) in [6.45, 7) is 0. The highest BCUT2D eigenvalue weighted by atomic mass is 19.1. The second-order valence-electron chi connectivity index (χ2n) is 5.49. The first-order valence-corrected chi connectivity index (χ1v) is 7.19. The fourth-order valence-electron chi connectivity index (χ4n) is 3.10. The molecule has 0 bridgehead atoms. The Hall–Kier alpha value is -2.42. The van der Waals surface area contributed by atoms with E-state index < -0.39 is 0 Å². The van der Waals surface area contributed by atoms with Crippen LogP contribution in [0.2, 0.25) is 0 Å². The zero-order chi connectivity index (χ0) is 14.2. The Morgan fingerprint density at radius 1 is 1.10 bits per heavy atom. The number of anilines is 1. The number of rotatable bonds is 2. The molecule has 0 aliphatic heterocycles. The van der Waals surface area contributed by atoms with Gasteiger partial charge in [0.15, 0.2) is 0 Å². The van der Waals surface area contributed by atoms with Gasteiger partial charge in [-0.15, -0.1) is 0 Å². The van der Waals surface area contributed by atoms with Crippen LogP contribution in [0.25, 0.3) is 10.9 Å². The van der Waals surface area contributed by atoms with Crippen molar-refractivity contribution >= 4 is 16.6 Å². The van der Waals surface area contributed by atoms with Gasteiger partial charge in [-0.3, -0.25) is 4.98 Å². The molecule has 1 aliphatic rings. The zero-order valence-electron chi connectivity index (χ0n) is 11.5. The minimum absolute atomic E-state index is 0.147. The van der Waals surface area contributed by atoms with E-state index in [4.69, 9.17) is 0 Å². The van der Waals surface area contributed by atoms with Gasteiger partial charge < -0.3 is 5.32 Å². The largest absolute Gasteiger partial charge is 0.378 e. The molecule has 1 heterocycles. The van der Waals surface area contributed by atoms with Crippen LogP contribution >= 0.6 is 0 Å². The van der Waals surface area contributed by atoms with Crippen LogP contribution in [0, 0.1) is 5.82 Å². The van der Waals surface area contributed by atoms with Gasteiger partial charge in [-0.2, -0.15) is 0 Å². The number of hydrogen-bond donors (Lipinski definition) is 1. The number of hydrogen-bond acceptors (Lipinski definition) is 2. The summed E-state index contributed by atoms with van der Waals surface area (Å²) in [7, 11) is 0. The van der Waals surface area contributed by atoms with Crippen molar-refractivity contribution in [3.05, 3.63) is 71.7 Å². The van der Waals surface area contributed by atoms with Crippen LogP contribution in [0.3, 0.4) is 0 Å². The molecule has 1 aromatic heterocycles. The van der Waals surface area contributed by atoms with Gasteiger partial charge in [0.05, 0.1) is 11.6 Å². The maximum atomic E-state index is 13.3. The molecule has 2 nitrogen and oxygen atoms in total. The van der Waals surface area contributed by atoms with E-state index in [-0.39, 0.29) is 11.9 Å². The average molecular weight is 278 g/mol. The molecule has 1 aliphatic carbocycles. The lowest BCUT2D eigenvalue weighted by atomic mass is 10.1. The Labute approximate surface area is 122 Å². The number of fused-ring (bicyclic) bond motifs is 2. The molecule has 0 amide bonds. The van der Waals surface area contributed by atoms with E-state index in [1.807, 2.05) is 18.2 Å². The summed E-state index contributed by atoms with van der Waals surface area (Å²) in [4.78, 5) is 4.33. The van der Waals surface area contributed by atoms with Crippen molar-refractivity contribution in [3.8, 4) is 0 Å². The number of halogens is 1. The first-order valence-electron chi connectivity index (χ1n) is 7.19. The smallest absolute Gasteiger partial charge is 0.123 e. The molecule has 3 heteroatoms. The third-order valence-corrected chi connectivity index (χ3v) is 4.13. The lowest BCUT2D eigenvalue weighted by Crippen LogP contribution is -2.07. The molecule has 1 atom stereocenters. The highest BCUT2D eigenvalue weighted by Gasteiger charge is 2.22. The molecule has 2 aromatic carbocycles. The van der Waals surface area contributed by atoms with Crippen molar-refractivity contribution in [3.63, 3.8) is 0 Å². The summed E-state index contributed by atoms with van der Waals surface area (Å²) in [5, 5.41) is 4.68. The lowest BCUT2D eigenvalue weighted by Gasteiger charge is -2.16. The van der Waals surface area contributed by atoms with Crippen LogP contribution < -0.4 is 5.32 Å². The van der Waals surface area contributed by atoms with Crippen LogP contribution in [-0.4, -0.2) is 4.98 Å². The Bertz CT molecular complexity index is 813.